The van der Waals surface area contributed by atoms with Gasteiger partial charge in [-0.1, -0.05) is 18.2 Å². The van der Waals surface area contributed by atoms with Crippen molar-refractivity contribution in [1.29, 1.82) is 0 Å². The van der Waals surface area contributed by atoms with Crippen molar-refractivity contribution in [2.45, 2.75) is 24.6 Å². The van der Waals surface area contributed by atoms with Crippen molar-refractivity contribution >= 4 is 55.6 Å². The second-order valence-electron chi connectivity index (χ2n) is 6.76. The fraction of sp³-hybridized carbons (Fsp3) is 0.136. The summed E-state index contributed by atoms with van der Waals surface area (Å²) < 4.78 is 5.39. The third-order valence-corrected chi connectivity index (χ3v) is 7.45. The quantitative estimate of drug-likeness (QED) is 0.184. The van der Waals surface area contributed by atoms with Crippen LogP contribution in [0.15, 0.2) is 61.4 Å². The lowest BCUT2D eigenvalue weighted by molar-refractivity contribution is 0.559. The van der Waals surface area contributed by atoms with E-state index in [-0.39, 0.29) is 5.63 Å². The Bertz CT molecular complexity index is 1400. The Morgan fingerprint density at radius 3 is 2.83 bits per heavy atom. The van der Waals surface area contributed by atoms with E-state index in [1.54, 1.807) is 40.5 Å². The van der Waals surface area contributed by atoms with Crippen molar-refractivity contribution in [2.75, 3.05) is 0 Å². The van der Waals surface area contributed by atoms with Crippen molar-refractivity contribution < 1.29 is 4.42 Å². The van der Waals surface area contributed by atoms with Gasteiger partial charge in [0.05, 0.1) is 5.39 Å². The number of benzene rings is 1. The van der Waals surface area contributed by atoms with E-state index < -0.39 is 0 Å². The van der Waals surface area contributed by atoms with Crippen molar-refractivity contribution in [3.63, 3.8) is 0 Å². The van der Waals surface area contributed by atoms with Crippen LogP contribution in [0.2, 0.25) is 0 Å². The molecular formula is C22H16N2O2S3. The molecule has 4 aromatic heterocycles. The molecule has 0 amide bonds. The number of hydrogen-bond donors (Lipinski definition) is 0. The minimum atomic E-state index is -0.322. The Balaban J connectivity index is 1.59. The number of rotatable bonds is 4. The highest BCUT2D eigenvalue weighted by Crippen LogP contribution is 2.40. The molecule has 0 radical (unpaired) electrons. The maximum Gasteiger partial charge on any atom is 0.336 e. The summed E-state index contributed by atoms with van der Waals surface area (Å²) in [5, 5.41) is 7.25. The van der Waals surface area contributed by atoms with Gasteiger partial charge in [-0.3, -0.25) is 0 Å². The zero-order chi connectivity index (χ0) is 20.0. The van der Waals surface area contributed by atoms with Crippen LogP contribution in [0, 0.1) is 13.8 Å². The Morgan fingerprint density at radius 2 is 2.00 bits per heavy atom. The number of aryl methyl sites for hydroxylation is 2. The molecule has 0 aliphatic heterocycles. The summed E-state index contributed by atoms with van der Waals surface area (Å²) in [5.41, 5.74) is 3.51. The summed E-state index contributed by atoms with van der Waals surface area (Å²) in [6, 6.07) is 11.7. The molecule has 5 aromatic rings. The Morgan fingerprint density at radius 1 is 1.10 bits per heavy atom. The van der Waals surface area contributed by atoms with Gasteiger partial charge < -0.3 is 4.42 Å². The van der Waals surface area contributed by atoms with Gasteiger partial charge >= 0.3 is 5.63 Å². The molecule has 0 atom stereocenters. The van der Waals surface area contributed by atoms with Crippen LogP contribution in [0.5, 0.6) is 0 Å². The Labute approximate surface area is 179 Å². The fourth-order valence-electron chi connectivity index (χ4n) is 3.33. The molecule has 144 valence electrons. The van der Waals surface area contributed by atoms with E-state index >= 15 is 0 Å². The second kappa shape index (κ2) is 7.40. The minimum absolute atomic E-state index is 0.322. The SMILES string of the molecule is Cc1ccc2c(CSc3nc(C)nc4scc(-c5cccs5)c34)cc(=O)oc2c1. The molecule has 0 bridgehead atoms. The van der Waals surface area contributed by atoms with Gasteiger partial charge in [0, 0.05) is 33.0 Å². The maximum absolute atomic E-state index is 12.1. The van der Waals surface area contributed by atoms with Crippen LogP contribution in [-0.2, 0) is 5.75 Å². The Kier molecular flexibility index (Phi) is 4.73. The summed E-state index contributed by atoms with van der Waals surface area (Å²) in [6.45, 7) is 3.91. The van der Waals surface area contributed by atoms with E-state index in [4.69, 9.17) is 9.40 Å². The lowest BCUT2D eigenvalue weighted by Crippen LogP contribution is -2.00. The van der Waals surface area contributed by atoms with Gasteiger partial charge in [-0.25, -0.2) is 14.8 Å². The molecule has 4 nitrogen and oxygen atoms in total. The highest BCUT2D eigenvalue weighted by molar-refractivity contribution is 7.98. The number of aromatic nitrogens is 2. The fourth-order valence-corrected chi connectivity index (χ4v) is 6.28. The van der Waals surface area contributed by atoms with Crippen molar-refractivity contribution in [3.8, 4) is 10.4 Å². The number of hydrogen-bond acceptors (Lipinski definition) is 7. The van der Waals surface area contributed by atoms with E-state index in [9.17, 15) is 4.79 Å². The van der Waals surface area contributed by atoms with Gasteiger partial charge in [-0.15, -0.1) is 34.4 Å². The number of thioether (sulfide) groups is 1. The highest BCUT2D eigenvalue weighted by Gasteiger charge is 2.16. The third-order valence-electron chi connectivity index (χ3n) is 4.65. The first-order valence-corrected chi connectivity index (χ1v) is 11.8. The van der Waals surface area contributed by atoms with Crippen LogP contribution < -0.4 is 5.63 Å². The largest absolute Gasteiger partial charge is 0.423 e. The molecule has 7 heteroatoms. The van der Waals surface area contributed by atoms with E-state index in [2.05, 4.69) is 27.9 Å². The molecule has 1 aromatic carbocycles. The number of nitrogens with zero attached hydrogens (tertiary/aromatic N) is 2. The van der Waals surface area contributed by atoms with Gasteiger partial charge in [-0.2, -0.15) is 0 Å². The summed E-state index contributed by atoms with van der Waals surface area (Å²) in [4.78, 5) is 23.6. The van der Waals surface area contributed by atoms with Gasteiger partial charge in [0.2, 0.25) is 0 Å². The lowest BCUT2D eigenvalue weighted by Gasteiger charge is -2.08. The molecule has 0 saturated carbocycles. The number of fused-ring (bicyclic) bond motifs is 2. The zero-order valence-electron chi connectivity index (χ0n) is 15.8. The molecular weight excluding hydrogens is 420 g/mol. The van der Waals surface area contributed by atoms with Crippen molar-refractivity contribution in [1.82, 2.24) is 9.97 Å². The molecule has 0 unspecified atom stereocenters. The van der Waals surface area contributed by atoms with Gasteiger partial charge in [0.25, 0.3) is 0 Å². The predicted molar refractivity (Wildman–Crippen MR) is 122 cm³/mol. The highest BCUT2D eigenvalue weighted by atomic mass is 32.2. The Hall–Kier alpha value is -2.48. The molecule has 0 aliphatic rings. The van der Waals surface area contributed by atoms with Gasteiger partial charge in [-0.05, 0) is 42.5 Å². The first kappa shape index (κ1) is 18.5. The summed E-state index contributed by atoms with van der Waals surface area (Å²) in [6.07, 6.45) is 0. The van der Waals surface area contributed by atoms with Gasteiger partial charge in [0.1, 0.15) is 21.3 Å². The summed E-state index contributed by atoms with van der Waals surface area (Å²) in [7, 11) is 0. The molecule has 4 heterocycles. The molecule has 29 heavy (non-hydrogen) atoms. The second-order valence-corrected chi connectivity index (χ2v) is 9.53. The van der Waals surface area contributed by atoms with E-state index in [1.165, 1.54) is 10.4 Å². The first-order valence-electron chi connectivity index (χ1n) is 9.04. The normalized spacial score (nSPS) is 11.5. The van der Waals surface area contributed by atoms with Crippen LogP contribution in [0.4, 0.5) is 0 Å². The predicted octanol–water partition coefficient (Wildman–Crippen LogP) is 6.44. The zero-order valence-corrected chi connectivity index (χ0v) is 18.2. The van der Waals surface area contributed by atoms with E-state index in [0.29, 0.717) is 11.3 Å². The van der Waals surface area contributed by atoms with Gasteiger partial charge in [0.15, 0.2) is 0 Å². The maximum atomic E-state index is 12.1. The standard InChI is InChI=1S/C22H16N2O2S3/c1-12-5-6-15-14(9-19(25)26-17(15)8-12)10-28-21-20-16(18-4-3-7-27-18)11-29-22(20)24-13(2)23-21/h3-9,11H,10H2,1-2H3. The van der Waals surface area contributed by atoms with Crippen LogP contribution in [-0.4, -0.2) is 9.97 Å². The van der Waals surface area contributed by atoms with E-state index in [0.717, 1.165) is 37.6 Å². The van der Waals surface area contributed by atoms with E-state index in [1.807, 2.05) is 32.0 Å². The summed E-state index contributed by atoms with van der Waals surface area (Å²) in [5.74, 6) is 1.39. The topological polar surface area (TPSA) is 56.0 Å². The smallest absolute Gasteiger partial charge is 0.336 e. The van der Waals surface area contributed by atoms with Crippen molar-refractivity contribution in [3.05, 3.63) is 74.5 Å². The van der Waals surface area contributed by atoms with Crippen LogP contribution in [0.1, 0.15) is 17.0 Å². The molecule has 5 rings (SSSR count). The monoisotopic (exact) mass is 436 g/mol. The summed E-state index contributed by atoms with van der Waals surface area (Å²) >= 11 is 5.00. The molecule has 0 aliphatic carbocycles. The van der Waals surface area contributed by atoms with Crippen LogP contribution in [0.25, 0.3) is 31.6 Å². The third kappa shape index (κ3) is 3.50. The van der Waals surface area contributed by atoms with Crippen LogP contribution in [0.3, 0.4) is 0 Å². The average molecular weight is 437 g/mol. The minimum Gasteiger partial charge on any atom is -0.423 e. The molecule has 0 saturated heterocycles. The molecule has 0 fully saturated rings. The van der Waals surface area contributed by atoms with Crippen LogP contribution >= 0.6 is 34.4 Å². The lowest BCUT2D eigenvalue weighted by atomic mass is 10.1. The molecule has 0 spiro atoms. The average Bonchev–Trinajstić information content (AvgIpc) is 3.34. The molecule has 0 N–H and O–H groups in total. The van der Waals surface area contributed by atoms with Crippen molar-refractivity contribution in [2.24, 2.45) is 0 Å². The number of thiophene rings is 2. The first-order chi connectivity index (χ1) is 14.1.